The Morgan fingerprint density at radius 3 is 2.67 bits per heavy atom. The molecule has 1 N–H and O–H groups in total. The molecule has 1 heterocycles. The number of anilines is 1. The third-order valence-corrected chi connectivity index (χ3v) is 5.25. The minimum Gasteiger partial charge on any atom is -0.506 e. The summed E-state index contributed by atoms with van der Waals surface area (Å²) in [5.41, 5.74) is 5.77. The largest absolute Gasteiger partial charge is 0.506 e. The standard InChI is InChI=1S/C21H26N2O/c1-14-10-19-17(15(2)12-21(3,4)23(19)5)11-16(14)13-22-18-8-6-7-9-20(18)24/h6-11,13,15,24H,12H2,1-5H3/t15-/m1/s1. The van der Waals surface area contributed by atoms with Gasteiger partial charge in [0.1, 0.15) is 11.4 Å². The lowest BCUT2D eigenvalue weighted by Crippen LogP contribution is -2.45. The number of hydrogen-bond acceptors (Lipinski definition) is 3. The van der Waals surface area contributed by atoms with Gasteiger partial charge < -0.3 is 10.0 Å². The Balaban J connectivity index is 2.01. The van der Waals surface area contributed by atoms with Gasteiger partial charge in [0.05, 0.1) is 0 Å². The SMILES string of the molecule is Cc1cc2c(cc1C=Nc1ccccc1O)[C@H](C)CC(C)(C)N2C. The number of aliphatic imine (C=N–C) groups is 1. The normalized spacial score (nSPS) is 19.5. The summed E-state index contributed by atoms with van der Waals surface area (Å²) in [6.45, 7) is 9.02. The van der Waals surface area contributed by atoms with Crippen LogP contribution in [0.25, 0.3) is 0 Å². The van der Waals surface area contributed by atoms with Crippen LogP contribution < -0.4 is 4.90 Å². The second-order valence-electron chi connectivity index (χ2n) is 7.49. The van der Waals surface area contributed by atoms with E-state index in [9.17, 15) is 5.11 Å². The summed E-state index contributed by atoms with van der Waals surface area (Å²) in [5, 5.41) is 9.86. The molecule has 0 amide bonds. The van der Waals surface area contributed by atoms with Crippen molar-refractivity contribution < 1.29 is 5.11 Å². The zero-order chi connectivity index (χ0) is 17.5. The third-order valence-electron chi connectivity index (χ3n) is 5.25. The number of nitrogens with zero attached hydrogens (tertiary/aromatic N) is 2. The highest BCUT2D eigenvalue weighted by Gasteiger charge is 2.34. The van der Waals surface area contributed by atoms with E-state index in [-0.39, 0.29) is 11.3 Å². The van der Waals surface area contributed by atoms with Crippen LogP contribution in [0.15, 0.2) is 41.4 Å². The van der Waals surface area contributed by atoms with E-state index >= 15 is 0 Å². The first-order chi connectivity index (χ1) is 11.3. The molecule has 0 radical (unpaired) electrons. The number of para-hydroxylation sites is 2. The maximum Gasteiger partial charge on any atom is 0.141 e. The topological polar surface area (TPSA) is 35.8 Å². The van der Waals surface area contributed by atoms with Crippen molar-refractivity contribution in [3.05, 3.63) is 53.1 Å². The summed E-state index contributed by atoms with van der Waals surface area (Å²) in [7, 11) is 2.18. The van der Waals surface area contributed by atoms with Crippen molar-refractivity contribution in [2.45, 2.75) is 45.6 Å². The van der Waals surface area contributed by atoms with Gasteiger partial charge in [-0.1, -0.05) is 19.1 Å². The molecule has 3 rings (SSSR count). The highest BCUT2D eigenvalue weighted by atomic mass is 16.3. The lowest BCUT2D eigenvalue weighted by Gasteiger charge is -2.45. The number of aryl methyl sites for hydroxylation is 1. The van der Waals surface area contributed by atoms with Gasteiger partial charge in [-0.25, -0.2) is 0 Å². The summed E-state index contributed by atoms with van der Waals surface area (Å²) in [5.74, 6) is 0.725. The first-order valence-electron chi connectivity index (χ1n) is 8.50. The predicted molar refractivity (Wildman–Crippen MR) is 102 cm³/mol. The van der Waals surface area contributed by atoms with E-state index in [1.165, 1.54) is 16.8 Å². The van der Waals surface area contributed by atoms with Crippen molar-refractivity contribution in [1.29, 1.82) is 0 Å². The van der Waals surface area contributed by atoms with E-state index in [4.69, 9.17) is 0 Å². The van der Waals surface area contributed by atoms with Crippen molar-refractivity contribution >= 4 is 17.6 Å². The molecule has 0 unspecified atom stereocenters. The molecule has 3 nitrogen and oxygen atoms in total. The molecule has 1 aliphatic heterocycles. The van der Waals surface area contributed by atoms with Gasteiger partial charge in [0.15, 0.2) is 0 Å². The number of phenols is 1. The van der Waals surface area contributed by atoms with Crippen molar-refractivity contribution in [3.8, 4) is 5.75 Å². The van der Waals surface area contributed by atoms with Crippen molar-refractivity contribution in [1.82, 2.24) is 0 Å². The lowest BCUT2D eigenvalue weighted by atomic mass is 9.79. The molecular weight excluding hydrogens is 296 g/mol. The summed E-state index contributed by atoms with van der Waals surface area (Å²) < 4.78 is 0. The molecule has 1 atom stereocenters. The maximum atomic E-state index is 9.86. The Bertz CT molecular complexity index is 792. The first-order valence-corrected chi connectivity index (χ1v) is 8.50. The number of fused-ring (bicyclic) bond motifs is 1. The van der Waals surface area contributed by atoms with Gasteiger partial charge >= 0.3 is 0 Å². The molecular formula is C21H26N2O. The van der Waals surface area contributed by atoms with Gasteiger partial charge in [-0.15, -0.1) is 0 Å². The molecule has 2 aromatic carbocycles. The van der Waals surface area contributed by atoms with Gasteiger partial charge in [0.25, 0.3) is 0 Å². The fourth-order valence-electron chi connectivity index (χ4n) is 3.59. The molecule has 0 aromatic heterocycles. The van der Waals surface area contributed by atoms with Crippen LogP contribution in [0.5, 0.6) is 5.75 Å². The number of rotatable bonds is 2. The highest BCUT2D eigenvalue weighted by Crippen LogP contribution is 2.43. The Morgan fingerprint density at radius 1 is 1.25 bits per heavy atom. The highest BCUT2D eigenvalue weighted by molar-refractivity contribution is 5.86. The minimum absolute atomic E-state index is 0.171. The Morgan fingerprint density at radius 2 is 1.96 bits per heavy atom. The molecule has 0 bridgehead atoms. The first kappa shape index (κ1) is 16.6. The zero-order valence-electron chi connectivity index (χ0n) is 15.2. The molecule has 0 fully saturated rings. The third kappa shape index (κ3) is 2.91. The molecule has 0 saturated heterocycles. The van der Waals surface area contributed by atoms with Crippen LogP contribution in [-0.4, -0.2) is 23.9 Å². The summed E-state index contributed by atoms with van der Waals surface area (Å²) >= 11 is 0. The summed E-state index contributed by atoms with van der Waals surface area (Å²) in [6, 6.07) is 11.7. The van der Waals surface area contributed by atoms with Gasteiger partial charge in [0, 0.05) is 24.5 Å². The predicted octanol–water partition coefficient (Wildman–Crippen LogP) is 5.17. The fraction of sp³-hybridized carbons (Fsp3) is 0.381. The van der Waals surface area contributed by atoms with E-state index in [1.54, 1.807) is 12.1 Å². The maximum absolute atomic E-state index is 9.86. The number of hydrogen-bond donors (Lipinski definition) is 1. The average Bonchev–Trinajstić information content (AvgIpc) is 2.52. The van der Waals surface area contributed by atoms with E-state index in [2.05, 4.69) is 56.8 Å². The van der Waals surface area contributed by atoms with Crippen LogP contribution in [0.2, 0.25) is 0 Å². The molecule has 1 aliphatic rings. The second-order valence-corrected chi connectivity index (χ2v) is 7.49. The van der Waals surface area contributed by atoms with Gasteiger partial charge in [-0.3, -0.25) is 4.99 Å². The molecule has 2 aromatic rings. The van der Waals surface area contributed by atoms with E-state index < -0.39 is 0 Å². The summed E-state index contributed by atoms with van der Waals surface area (Å²) in [6.07, 6.45) is 2.99. The van der Waals surface area contributed by atoms with E-state index in [0.717, 1.165) is 12.0 Å². The van der Waals surface area contributed by atoms with Crippen molar-refractivity contribution in [3.63, 3.8) is 0 Å². The average molecular weight is 322 g/mol. The van der Waals surface area contributed by atoms with Crippen LogP contribution in [0, 0.1) is 6.92 Å². The van der Waals surface area contributed by atoms with Crippen molar-refractivity contribution in [2.24, 2.45) is 4.99 Å². The lowest BCUT2D eigenvalue weighted by molar-refractivity contribution is 0.395. The molecule has 24 heavy (non-hydrogen) atoms. The van der Waals surface area contributed by atoms with E-state index in [0.29, 0.717) is 11.6 Å². The molecule has 0 saturated carbocycles. The Labute approximate surface area is 144 Å². The van der Waals surface area contributed by atoms with Gasteiger partial charge in [-0.2, -0.15) is 0 Å². The summed E-state index contributed by atoms with van der Waals surface area (Å²) in [4.78, 5) is 6.86. The molecule has 3 heteroatoms. The van der Waals surface area contributed by atoms with Crippen LogP contribution in [0.3, 0.4) is 0 Å². The van der Waals surface area contributed by atoms with Gasteiger partial charge in [0.2, 0.25) is 0 Å². The van der Waals surface area contributed by atoms with Crippen LogP contribution in [0.4, 0.5) is 11.4 Å². The quantitative estimate of drug-likeness (QED) is 0.774. The van der Waals surface area contributed by atoms with Crippen molar-refractivity contribution in [2.75, 3.05) is 11.9 Å². The number of aromatic hydroxyl groups is 1. The molecule has 0 spiro atoms. The smallest absolute Gasteiger partial charge is 0.141 e. The molecule has 0 aliphatic carbocycles. The Kier molecular flexibility index (Phi) is 4.12. The Hall–Kier alpha value is -2.29. The number of benzene rings is 2. The number of phenolic OH excluding ortho intramolecular Hbond substituents is 1. The second kappa shape index (κ2) is 5.97. The van der Waals surface area contributed by atoms with E-state index in [1.807, 2.05) is 18.3 Å². The minimum atomic E-state index is 0.171. The molecule has 126 valence electrons. The van der Waals surface area contributed by atoms with Crippen LogP contribution in [-0.2, 0) is 0 Å². The van der Waals surface area contributed by atoms with Gasteiger partial charge in [-0.05, 0) is 74.1 Å². The monoisotopic (exact) mass is 322 g/mol. The fourth-order valence-corrected chi connectivity index (χ4v) is 3.59. The van der Waals surface area contributed by atoms with Crippen LogP contribution >= 0.6 is 0 Å². The van der Waals surface area contributed by atoms with Crippen LogP contribution in [0.1, 0.15) is 49.8 Å². The zero-order valence-corrected chi connectivity index (χ0v) is 15.2.